The molecule has 0 saturated carbocycles. The zero-order chi connectivity index (χ0) is 16.2. The highest BCUT2D eigenvalue weighted by Crippen LogP contribution is 2.23. The Balaban J connectivity index is 2.03. The normalized spacial score (nSPS) is 13.4. The molecular formula is C16H18N2O4. The number of nitrogens with one attached hydrogen (secondary N) is 1. The summed E-state index contributed by atoms with van der Waals surface area (Å²) in [7, 11) is 0. The van der Waals surface area contributed by atoms with Crippen LogP contribution < -0.4 is 5.32 Å². The van der Waals surface area contributed by atoms with Gasteiger partial charge in [0.05, 0.1) is 12.1 Å². The average Bonchev–Trinajstić information content (AvgIpc) is 2.90. The van der Waals surface area contributed by atoms with E-state index in [0.717, 1.165) is 0 Å². The van der Waals surface area contributed by atoms with Crippen LogP contribution >= 0.6 is 0 Å². The van der Waals surface area contributed by atoms with Gasteiger partial charge in [-0.15, -0.1) is 0 Å². The minimum absolute atomic E-state index is 0.00200. The molecule has 1 atom stereocenters. The van der Waals surface area contributed by atoms with E-state index in [-0.39, 0.29) is 18.9 Å². The van der Waals surface area contributed by atoms with Gasteiger partial charge in [0.1, 0.15) is 11.2 Å². The third kappa shape index (κ3) is 3.52. The number of benzene rings is 1. The third-order valence-corrected chi connectivity index (χ3v) is 3.54. The summed E-state index contributed by atoms with van der Waals surface area (Å²) in [6, 6.07) is 10.5. The number of carboxylic acid groups (broad SMARTS) is 1. The van der Waals surface area contributed by atoms with Crippen molar-refractivity contribution in [3.8, 4) is 0 Å². The Morgan fingerprint density at radius 1 is 1.32 bits per heavy atom. The van der Waals surface area contributed by atoms with Gasteiger partial charge in [0.25, 0.3) is 0 Å². The van der Waals surface area contributed by atoms with Crippen LogP contribution in [0.15, 0.2) is 40.9 Å². The second-order valence-electron chi connectivity index (χ2n) is 5.39. The standard InChI is InChI=1S/C16H18N2O4/c1-11-8-13(18-22-11)9-14(19)17-10-16(2,15(20)21)12-6-4-3-5-7-12/h3-8H,9-10H2,1-2H3,(H,17,19)(H,20,21). The van der Waals surface area contributed by atoms with Crippen molar-refractivity contribution in [2.75, 3.05) is 6.54 Å². The Morgan fingerprint density at radius 2 is 2.00 bits per heavy atom. The zero-order valence-electron chi connectivity index (χ0n) is 12.5. The van der Waals surface area contributed by atoms with Gasteiger partial charge in [-0.2, -0.15) is 0 Å². The molecule has 0 aliphatic rings. The lowest BCUT2D eigenvalue weighted by Crippen LogP contribution is -2.44. The van der Waals surface area contributed by atoms with Crippen molar-refractivity contribution in [1.29, 1.82) is 0 Å². The van der Waals surface area contributed by atoms with Gasteiger partial charge in [0.2, 0.25) is 5.91 Å². The van der Waals surface area contributed by atoms with E-state index in [1.165, 1.54) is 0 Å². The van der Waals surface area contributed by atoms with Gasteiger partial charge < -0.3 is 14.9 Å². The molecule has 0 bridgehead atoms. The van der Waals surface area contributed by atoms with E-state index in [2.05, 4.69) is 10.5 Å². The molecule has 2 N–H and O–H groups in total. The van der Waals surface area contributed by atoms with Gasteiger partial charge in [-0.05, 0) is 19.4 Å². The first-order valence-corrected chi connectivity index (χ1v) is 6.89. The van der Waals surface area contributed by atoms with Crippen LogP contribution in [0.4, 0.5) is 0 Å². The van der Waals surface area contributed by atoms with E-state index in [4.69, 9.17) is 4.52 Å². The lowest BCUT2D eigenvalue weighted by Gasteiger charge is -2.25. The second kappa shape index (κ2) is 6.43. The van der Waals surface area contributed by atoms with Crippen LogP contribution in [0.3, 0.4) is 0 Å². The summed E-state index contributed by atoms with van der Waals surface area (Å²) in [5.74, 6) is -0.657. The minimum Gasteiger partial charge on any atom is -0.481 e. The van der Waals surface area contributed by atoms with Crippen LogP contribution in [0.25, 0.3) is 0 Å². The number of rotatable bonds is 6. The van der Waals surface area contributed by atoms with Crippen molar-refractivity contribution in [3.63, 3.8) is 0 Å². The summed E-state index contributed by atoms with van der Waals surface area (Å²) in [5, 5.41) is 15.9. The lowest BCUT2D eigenvalue weighted by atomic mass is 9.82. The Morgan fingerprint density at radius 3 is 2.55 bits per heavy atom. The van der Waals surface area contributed by atoms with Crippen molar-refractivity contribution in [2.24, 2.45) is 0 Å². The molecule has 0 aliphatic heterocycles. The molecule has 0 aliphatic carbocycles. The van der Waals surface area contributed by atoms with E-state index >= 15 is 0 Å². The number of aromatic nitrogens is 1. The zero-order valence-corrected chi connectivity index (χ0v) is 12.5. The fraction of sp³-hybridized carbons (Fsp3) is 0.312. The Hall–Kier alpha value is -2.63. The number of carbonyl (C=O) groups is 2. The minimum atomic E-state index is -1.18. The summed E-state index contributed by atoms with van der Waals surface area (Å²) >= 11 is 0. The van der Waals surface area contributed by atoms with E-state index in [1.54, 1.807) is 44.2 Å². The Bertz CT molecular complexity index is 666. The highest BCUT2D eigenvalue weighted by Gasteiger charge is 2.35. The molecule has 2 aromatic rings. The quantitative estimate of drug-likeness (QED) is 0.847. The number of aliphatic carboxylic acids is 1. The number of aryl methyl sites for hydroxylation is 1. The predicted octanol–water partition coefficient (Wildman–Crippen LogP) is 1.68. The van der Waals surface area contributed by atoms with Crippen LogP contribution in [0, 0.1) is 6.92 Å². The van der Waals surface area contributed by atoms with Gasteiger partial charge in [0, 0.05) is 12.6 Å². The number of hydrogen-bond donors (Lipinski definition) is 2. The summed E-state index contributed by atoms with van der Waals surface area (Å²) < 4.78 is 4.89. The summed E-state index contributed by atoms with van der Waals surface area (Å²) in [4.78, 5) is 23.6. The molecule has 0 radical (unpaired) electrons. The molecule has 116 valence electrons. The molecule has 2 rings (SSSR count). The monoisotopic (exact) mass is 302 g/mol. The van der Waals surface area contributed by atoms with Gasteiger partial charge in [0.15, 0.2) is 0 Å². The topological polar surface area (TPSA) is 92.4 Å². The molecule has 1 amide bonds. The molecule has 1 unspecified atom stereocenters. The average molecular weight is 302 g/mol. The molecule has 6 nitrogen and oxygen atoms in total. The lowest BCUT2D eigenvalue weighted by molar-refractivity contribution is -0.143. The van der Waals surface area contributed by atoms with Gasteiger partial charge >= 0.3 is 5.97 Å². The number of amides is 1. The molecule has 1 aromatic heterocycles. The summed E-state index contributed by atoms with van der Waals surface area (Å²) in [5.41, 5.74) is -0.0248. The van der Waals surface area contributed by atoms with Gasteiger partial charge in [-0.25, -0.2) is 0 Å². The first-order valence-electron chi connectivity index (χ1n) is 6.89. The van der Waals surface area contributed by atoms with Gasteiger partial charge in [-0.1, -0.05) is 35.5 Å². The van der Waals surface area contributed by atoms with E-state index in [9.17, 15) is 14.7 Å². The fourth-order valence-corrected chi connectivity index (χ4v) is 2.11. The highest BCUT2D eigenvalue weighted by atomic mass is 16.5. The maximum absolute atomic E-state index is 11.9. The van der Waals surface area contributed by atoms with E-state index in [1.807, 2.05) is 6.07 Å². The summed E-state index contributed by atoms with van der Waals surface area (Å²) in [6.45, 7) is 3.33. The Kier molecular flexibility index (Phi) is 4.60. The molecule has 0 saturated heterocycles. The second-order valence-corrected chi connectivity index (χ2v) is 5.39. The van der Waals surface area contributed by atoms with Crippen molar-refractivity contribution < 1.29 is 19.2 Å². The maximum Gasteiger partial charge on any atom is 0.315 e. The summed E-state index contributed by atoms with van der Waals surface area (Å²) in [6.07, 6.45) is 0.0574. The first-order chi connectivity index (χ1) is 10.4. The van der Waals surface area contributed by atoms with Crippen LogP contribution in [0.1, 0.15) is 23.9 Å². The largest absolute Gasteiger partial charge is 0.481 e. The molecule has 0 spiro atoms. The van der Waals surface area contributed by atoms with Crippen molar-refractivity contribution in [2.45, 2.75) is 25.7 Å². The first kappa shape index (κ1) is 15.8. The molecular weight excluding hydrogens is 284 g/mol. The number of hydrogen-bond acceptors (Lipinski definition) is 4. The van der Waals surface area contributed by atoms with Gasteiger partial charge in [-0.3, -0.25) is 9.59 Å². The smallest absolute Gasteiger partial charge is 0.315 e. The molecule has 6 heteroatoms. The SMILES string of the molecule is Cc1cc(CC(=O)NCC(C)(C(=O)O)c2ccccc2)no1. The van der Waals surface area contributed by atoms with Crippen LogP contribution in [-0.2, 0) is 21.4 Å². The van der Waals surface area contributed by atoms with E-state index in [0.29, 0.717) is 17.0 Å². The molecule has 1 heterocycles. The van der Waals surface area contributed by atoms with E-state index < -0.39 is 11.4 Å². The predicted molar refractivity (Wildman–Crippen MR) is 79.4 cm³/mol. The number of carboxylic acids is 1. The third-order valence-electron chi connectivity index (χ3n) is 3.54. The molecule has 22 heavy (non-hydrogen) atoms. The maximum atomic E-state index is 11.9. The number of nitrogens with zero attached hydrogens (tertiary/aromatic N) is 1. The van der Waals surface area contributed by atoms with Crippen LogP contribution in [0.5, 0.6) is 0 Å². The van der Waals surface area contributed by atoms with Crippen molar-refractivity contribution in [1.82, 2.24) is 10.5 Å². The van der Waals surface area contributed by atoms with Crippen molar-refractivity contribution >= 4 is 11.9 Å². The van der Waals surface area contributed by atoms with Crippen LogP contribution in [0.2, 0.25) is 0 Å². The fourth-order valence-electron chi connectivity index (χ4n) is 2.11. The number of carbonyl (C=O) groups excluding carboxylic acids is 1. The molecule has 1 aromatic carbocycles. The molecule has 0 fully saturated rings. The van der Waals surface area contributed by atoms with Crippen LogP contribution in [-0.4, -0.2) is 28.7 Å². The highest BCUT2D eigenvalue weighted by molar-refractivity contribution is 5.83. The van der Waals surface area contributed by atoms with Crippen molar-refractivity contribution in [3.05, 3.63) is 53.4 Å². The Labute approximate surface area is 128 Å².